The molecule has 1 saturated heterocycles. The van der Waals surface area contributed by atoms with Crippen LogP contribution in [0.2, 0.25) is 0 Å². The topological polar surface area (TPSA) is 183 Å². The molecule has 11 nitrogen and oxygen atoms in total. The maximum absolute atomic E-state index is 11.9. The Labute approximate surface area is 262 Å². The van der Waals surface area contributed by atoms with E-state index in [1.807, 2.05) is 0 Å². The Morgan fingerprint density at radius 1 is 0.800 bits per heavy atom. The van der Waals surface area contributed by atoms with E-state index >= 15 is 0 Å². The third-order valence-corrected chi connectivity index (χ3v) is 7.65. The minimum absolute atomic E-state index is 0. The molecule has 0 amide bonds. The van der Waals surface area contributed by atoms with Crippen molar-refractivity contribution in [1.29, 1.82) is 0 Å². The Bertz CT molecular complexity index is 740. The molecule has 0 spiro atoms. The van der Waals surface area contributed by atoms with Crippen molar-refractivity contribution in [2.45, 2.75) is 146 Å². The van der Waals surface area contributed by atoms with Gasteiger partial charge in [-0.25, -0.2) is 8.42 Å². The number of carbonyl (C=O) groups is 1. The van der Waals surface area contributed by atoms with Crippen molar-refractivity contribution in [2.24, 2.45) is 0 Å². The summed E-state index contributed by atoms with van der Waals surface area (Å²) < 4.78 is 48.2. The van der Waals surface area contributed by atoms with Gasteiger partial charge < -0.3 is 39.2 Å². The predicted octanol–water partition coefficient (Wildman–Crippen LogP) is -0.475. The fourth-order valence-corrected chi connectivity index (χ4v) is 5.23. The van der Waals surface area contributed by atoms with Crippen molar-refractivity contribution in [3.8, 4) is 0 Å². The molecule has 0 aromatic rings. The maximum Gasteiger partial charge on any atom is 1.00 e. The standard InChI is InChI=1S/C27H52O11S.Na/c1-2-3-4-5-6-7-8-9-10-11-12-13-14-15-16-17-23(29)36-18-21(28)19-37-27-26(32)25(31)24(30)22(38-27)20-39(33,34)35;/h21-22,24-28,30-32H,2-20H2,1H3,(H,33,34,35);/q;+1/p-1/t21?,22-,24-,25+,26-,27-;/m1./s1. The molecule has 1 aliphatic heterocycles. The summed E-state index contributed by atoms with van der Waals surface area (Å²) in [6, 6.07) is 0. The van der Waals surface area contributed by atoms with Gasteiger partial charge in [0.15, 0.2) is 6.29 Å². The molecule has 0 bridgehead atoms. The van der Waals surface area contributed by atoms with Crippen LogP contribution in [-0.2, 0) is 29.1 Å². The number of esters is 1. The van der Waals surface area contributed by atoms with Crippen LogP contribution in [0.15, 0.2) is 0 Å². The van der Waals surface area contributed by atoms with Gasteiger partial charge in [-0.2, -0.15) is 0 Å². The minimum Gasteiger partial charge on any atom is -0.748 e. The molecule has 1 rings (SSSR count). The molecule has 232 valence electrons. The van der Waals surface area contributed by atoms with Gasteiger partial charge in [0, 0.05) is 6.42 Å². The molecule has 4 N–H and O–H groups in total. The number of unbranched alkanes of at least 4 members (excludes halogenated alkanes) is 14. The third kappa shape index (κ3) is 19.4. The second kappa shape index (κ2) is 23.6. The molecule has 1 aliphatic rings. The zero-order valence-electron chi connectivity index (χ0n) is 24.5. The van der Waals surface area contributed by atoms with Gasteiger partial charge in [0.2, 0.25) is 0 Å². The van der Waals surface area contributed by atoms with Gasteiger partial charge >= 0.3 is 35.5 Å². The van der Waals surface area contributed by atoms with Crippen molar-refractivity contribution >= 4 is 16.1 Å². The van der Waals surface area contributed by atoms with E-state index in [0.717, 1.165) is 19.3 Å². The molecule has 1 fully saturated rings. The van der Waals surface area contributed by atoms with Crippen molar-refractivity contribution in [2.75, 3.05) is 19.0 Å². The van der Waals surface area contributed by atoms with E-state index in [0.29, 0.717) is 6.42 Å². The van der Waals surface area contributed by atoms with Crippen molar-refractivity contribution < 1.29 is 82.0 Å². The number of aliphatic hydroxyl groups is 4. The second-order valence-corrected chi connectivity index (χ2v) is 12.1. The van der Waals surface area contributed by atoms with Gasteiger partial charge in [-0.3, -0.25) is 4.79 Å². The van der Waals surface area contributed by atoms with Gasteiger partial charge in [0.05, 0.1) is 22.5 Å². The molecule has 0 aromatic carbocycles. The van der Waals surface area contributed by atoms with Crippen LogP contribution in [-0.4, -0.2) is 95.1 Å². The smallest absolute Gasteiger partial charge is 0.748 e. The Balaban J connectivity index is 0.0000152. The Kier molecular flexibility index (Phi) is 23.7. The molecule has 0 radical (unpaired) electrons. The van der Waals surface area contributed by atoms with Crippen LogP contribution in [0.5, 0.6) is 0 Å². The van der Waals surface area contributed by atoms with Crippen LogP contribution in [0.4, 0.5) is 0 Å². The summed E-state index contributed by atoms with van der Waals surface area (Å²) in [5.74, 6) is -1.57. The van der Waals surface area contributed by atoms with Gasteiger partial charge in [-0.1, -0.05) is 96.8 Å². The quantitative estimate of drug-likeness (QED) is 0.0510. The zero-order valence-corrected chi connectivity index (χ0v) is 27.3. The second-order valence-electron chi connectivity index (χ2n) is 10.6. The maximum atomic E-state index is 11.9. The number of carbonyl (C=O) groups excluding carboxylic acids is 1. The third-order valence-electron chi connectivity index (χ3n) is 6.91. The van der Waals surface area contributed by atoms with E-state index in [9.17, 15) is 38.2 Å². The van der Waals surface area contributed by atoms with Crippen molar-refractivity contribution in [3.63, 3.8) is 0 Å². The molecule has 13 heteroatoms. The number of rotatable bonds is 23. The monoisotopic (exact) mass is 606 g/mol. The molecular formula is C27H51NaO11S. The van der Waals surface area contributed by atoms with Gasteiger partial charge in [-0.05, 0) is 6.42 Å². The molecule has 0 saturated carbocycles. The largest absolute Gasteiger partial charge is 1.00 e. The first-order valence-corrected chi connectivity index (χ1v) is 16.2. The Morgan fingerprint density at radius 3 is 1.75 bits per heavy atom. The van der Waals surface area contributed by atoms with Crippen LogP contribution < -0.4 is 29.6 Å². The van der Waals surface area contributed by atoms with Crippen LogP contribution in [0.25, 0.3) is 0 Å². The van der Waals surface area contributed by atoms with E-state index in [1.54, 1.807) is 0 Å². The first kappa shape index (κ1) is 40.1. The first-order valence-electron chi connectivity index (χ1n) is 14.6. The summed E-state index contributed by atoms with van der Waals surface area (Å²) in [6.45, 7) is 1.42. The fourth-order valence-electron chi connectivity index (χ4n) is 4.55. The fraction of sp³-hybridized carbons (Fsp3) is 0.963. The van der Waals surface area contributed by atoms with Gasteiger partial charge in [-0.15, -0.1) is 0 Å². The van der Waals surface area contributed by atoms with Crippen LogP contribution >= 0.6 is 0 Å². The summed E-state index contributed by atoms with van der Waals surface area (Å²) in [6.07, 6.45) is 8.82. The van der Waals surface area contributed by atoms with Gasteiger partial charge in [0.1, 0.15) is 37.1 Å². The average Bonchev–Trinajstić information content (AvgIpc) is 2.88. The molecule has 0 aromatic heterocycles. The SMILES string of the molecule is CCCCCCCCCCCCCCCCCC(=O)OCC(O)CO[C@@H]1O[C@H](CS(=O)(=O)[O-])[C@@H](O)[C@H](O)[C@H]1O.[Na+]. The molecule has 1 unspecified atom stereocenters. The molecule has 40 heavy (non-hydrogen) atoms. The Morgan fingerprint density at radius 2 is 1.27 bits per heavy atom. The number of hydrogen-bond acceptors (Lipinski definition) is 11. The van der Waals surface area contributed by atoms with Crippen LogP contribution in [0.3, 0.4) is 0 Å². The molecule has 0 aliphatic carbocycles. The zero-order chi connectivity index (χ0) is 29.1. The summed E-state index contributed by atoms with van der Waals surface area (Å²) in [7, 11) is -4.78. The molecule has 6 atom stereocenters. The summed E-state index contributed by atoms with van der Waals surface area (Å²) >= 11 is 0. The van der Waals surface area contributed by atoms with E-state index in [2.05, 4.69) is 6.92 Å². The number of ether oxygens (including phenoxy) is 3. The minimum atomic E-state index is -4.78. The number of hydrogen-bond donors (Lipinski definition) is 4. The van der Waals surface area contributed by atoms with Crippen molar-refractivity contribution in [1.82, 2.24) is 0 Å². The van der Waals surface area contributed by atoms with E-state index in [1.165, 1.54) is 70.6 Å². The summed E-state index contributed by atoms with van der Waals surface area (Å²) in [5.41, 5.74) is 0. The normalized spacial score (nSPS) is 23.9. The first-order chi connectivity index (χ1) is 18.5. The van der Waals surface area contributed by atoms with Crippen LogP contribution in [0, 0.1) is 0 Å². The van der Waals surface area contributed by atoms with E-state index < -0.39 is 65.3 Å². The van der Waals surface area contributed by atoms with Crippen molar-refractivity contribution in [3.05, 3.63) is 0 Å². The van der Waals surface area contributed by atoms with E-state index in [4.69, 9.17) is 14.2 Å². The predicted molar refractivity (Wildman–Crippen MR) is 144 cm³/mol. The average molecular weight is 607 g/mol. The summed E-state index contributed by atoms with van der Waals surface area (Å²) in [5, 5.41) is 39.6. The van der Waals surface area contributed by atoms with Crippen LogP contribution in [0.1, 0.15) is 110 Å². The van der Waals surface area contributed by atoms with Gasteiger partial charge in [0.25, 0.3) is 0 Å². The Hall–Kier alpha value is 0.140. The molecular weight excluding hydrogens is 555 g/mol. The van der Waals surface area contributed by atoms with E-state index in [-0.39, 0.29) is 42.6 Å². The number of aliphatic hydroxyl groups excluding tert-OH is 4. The summed E-state index contributed by atoms with van der Waals surface area (Å²) in [4.78, 5) is 11.9. The molecule has 1 heterocycles.